The van der Waals surface area contributed by atoms with Gasteiger partial charge in [0.15, 0.2) is 23.3 Å². The standard InChI is InChI=1S/C20H16BrIN2O5S/c1-2-28-15-8-11(7-14(22)18(15)29-10-17(25)26)9-16-19(27)24-20(30-16)23-13-5-3-12(21)4-6-13/h3-9H,2,10H2,1H3,(H,25,26)(H,23,24,27)/b16-9+. The van der Waals surface area contributed by atoms with Crippen LogP contribution in [0.25, 0.3) is 6.08 Å². The van der Waals surface area contributed by atoms with Crippen molar-refractivity contribution in [2.45, 2.75) is 6.92 Å². The summed E-state index contributed by atoms with van der Waals surface area (Å²) in [5.74, 6) is -0.529. The van der Waals surface area contributed by atoms with Crippen molar-refractivity contribution in [1.82, 2.24) is 5.32 Å². The summed E-state index contributed by atoms with van der Waals surface area (Å²) in [4.78, 5) is 28.1. The highest BCUT2D eigenvalue weighted by molar-refractivity contribution is 14.1. The van der Waals surface area contributed by atoms with Crippen LogP contribution >= 0.6 is 50.3 Å². The highest BCUT2D eigenvalue weighted by Gasteiger charge is 2.24. The minimum atomic E-state index is -1.07. The Kier molecular flexibility index (Phi) is 7.78. The number of amides is 1. The second-order valence-electron chi connectivity index (χ2n) is 5.90. The van der Waals surface area contributed by atoms with Gasteiger partial charge in [0, 0.05) is 4.47 Å². The smallest absolute Gasteiger partial charge is 0.341 e. The summed E-state index contributed by atoms with van der Waals surface area (Å²) in [6.45, 7) is 1.74. The maximum absolute atomic E-state index is 12.4. The Hall–Kier alpha value is -2.05. The Morgan fingerprint density at radius 3 is 2.70 bits per heavy atom. The number of rotatable bonds is 7. The molecule has 0 aliphatic carbocycles. The van der Waals surface area contributed by atoms with Crippen molar-refractivity contribution in [3.63, 3.8) is 0 Å². The lowest BCUT2D eigenvalue weighted by molar-refractivity contribution is -0.139. The number of carboxylic acid groups (broad SMARTS) is 1. The molecule has 1 amide bonds. The third kappa shape index (κ3) is 5.99. The van der Waals surface area contributed by atoms with Crippen LogP contribution in [0.2, 0.25) is 0 Å². The van der Waals surface area contributed by atoms with Gasteiger partial charge >= 0.3 is 5.97 Å². The largest absolute Gasteiger partial charge is 0.490 e. The molecule has 2 aromatic rings. The van der Waals surface area contributed by atoms with Crippen LogP contribution in [0, 0.1) is 3.57 Å². The van der Waals surface area contributed by atoms with E-state index < -0.39 is 12.6 Å². The number of aliphatic carboxylic acids is 1. The molecule has 10 heteroatoms. The summed E-state index contributed by atoms with van der Waals surface area (Å²) in [5, 5.41) is 12.1. The molecule has 30 heavy (non-hydrogen) atoms. The molecule has 1 heterocycles. The number of carbonyl (C=O) groups excluding carboxylic acids is 1. The molecule has 1 fully saturated rings. The summed E-state index contributed by atoms with van der Waals surface area (Å²) in [5.41, 5.74) is 1.46. The molecule has 2 N–H and O–H groups in total. The highest BCUT2D eigenvalue weighted by atomic mass is 127. The fraction of sp³-hybridized carbons (Fsp3) is 0.150. The number of aliphatic imine (C=N–C) groups is 1. The molecule has 0 unspecified atom stereocenters. The van der Waals surface area contributed by atoms with Gasteiger partial charge in [0.1, 0.15) is 0 Å². The number of halogens is 2. The first-order valence-corrected chi connectivity index (χ1v) is 11.4. The van der Waals surface area contributed by atoms with Crippen molar-refractivity contribution >= 4 is 79.1 Å². The minimum Gasteiger partial charge on any atom is -0.490 e. The molecule has 156 valence electrons. The lowest BCUT2D eigenvalue weighted by Crippen LogP contribution is -2.19. The van der Waals surface area contributed by atoms with E-state index in [-0.39, 0.29) is 5.91 Å². The Balaban J connectivity index is 1.85. The highest BCUT2D eigenvalue weighted by Crippen LogP contribution is 2.36. The number of nitrogens with one attached hydrogen (secondary N) is 1. The van der Waals surface area contributed by atoms with E-state index in [0.717, 1.165) is 15.7 Å². The molecule has 0 bridgehead atoms. The van der Waals surface area contributed by atoms with Crippen LogP contribution in [-0.2, 0) is 9.59 Å². The maximum atomic E-state index is 12.4. The zero-order valence-corrected chi connectivity index (χ0v) is 20.2. The van der Waals surface area contributed by atoms with Gasteiger partial charge < -0.3 is 19.9 Å². The van der Waals surface area contributed by atoms with Crippen LogP contribution in [-0.4, -0.2) is 35.4 Å². The van der Waals surface area contributed by atoms with E-state index in [9.17, 15) is 9.59 Å². The molecule has 0 saturated carbocycles. The fourth-order valence-corrected chi connectivity index (χ4v) is 4.36. The van der Waals surface area contributed by atoms with E-state index >= 15 is 0 Å². The predicted molar refractivity (Wildman–Crippen MR) is 128 cm³/mol. The zero-order chi connectivity index (χ0) is 21.7. The lowest BCUT2D eigenvalue weighted by atomic mass is 10.2. The van der Waals surface area contributed by atoms with E-state index in [1.807, 2.05) is 53.8 Å². The van der Waals surface area contributed by atoms with Crippen LogP contribution in [0.1, 0.15) is 12.5 Å². The van der Waals surface area contributed by atoms with Crippen molar-refractivity contribution in [1.29, 1.82) is 0 Å². The second kappa shape index (κ2) is 10.3. The van der Waals surface area contributed by atoms with Gasteiger partial charge in [0.05, 0.1) is 20.8 Å². The van der Waals surface area contributed by atoms with Crippen LogP contribution in [0.15, 0.2) is 50.8 Å². The third-order valence-electron chi connectivity index (χ3n) is 3.68. The SMILES string of the molecule is CCOc1cc(/C=C2/SC(=Nc3ccc(Br)cc3)NC2=O)cc(I)c1OCC(=O)O. The predicted octanol–water partition coefficient (Wildman–Crippen LogP) is 4.81. The molecule has 0 aromatic heterocycles. The van der Waals surface area contributed by atoms with Gasteiger partial charge in [0.2, 0.25) is 0 Å². The average molecular weight is 603 g/mol. The van der Waals surface area contributed by atoms with Gasteiger partial charge in [-0.15, -0.1) is 0 Å². The lowest BCUT2D eigenvalue weighted by Gasteiger charge is -2.13. The Bertz CT molecular complexity index is 1040. The first-order valence-electron chi connectivity index (χ1n) is 8.71. The number of carbonyl (C=O) groups is 2. The van der Waals surface area contributed by atoms with Gasteiger partial charge in [0.25, 0.3) is 5.91 Å². The average Bonchev–Trinajstić information content (AvgIpc) is 3.02. The van der Waals surface area contributed by atoms with Crippen molar-refractivity contribution in [3.8, 4) is 11.5 Å². The molecule has 2 aromatic carbocycles. The van der Waals surface area contributed by atoms with Crippen LogP contribution in [0.4, 0.5) is 5.69 Å². The quantitative estimate of drug-likeness (QED) is 0.349. The molecular weight excluding hydrogens is 587 g/mol. The monoisotopic (exact) mass is 602 g/mol. The Labute approximate surface area is 199 Å². The normalized spacial score (nSPS) is 16.0. The molecule has 1 aliphatic rings. The fourth-order valence-electron chi connectivity index (χ4n) is 2.47. The first kappa shape index (κ1) is 22.6. The second-order valence-corrected chi connectivity index (χ2v) is 9.01. The summed E-state index contributed by atoms with van der Waals surface area (Å²) in [7, 11) is 0. The molecule has 0 atom stereocenters. The molecule has 1 aliphatic heterocycles. The topological polar surface area (TPSA) is 97.2 Å². The van der Waals surface area contributed by atoms with Crippen LogP contribution in [0.3, 0.4) is 0 Å². The summed E-state index contributed by atoms with van der Waals surface area (Å²) in [6, 6.07) is 11.0. The molecule has 0 spiro atoms. The van der Waals surface area contributed by atoms with E-state index in [0.29, 0.717) is 31.7 Å². The number of hydrogen-bond acceptors (Lipinski definition) is 6. The third-order valence-corrected chi connectivity index (χ3v) is 5.92. The number of benzene rings is 2. The van der Waals surface area contributed by atoms with Crippen molar-refractivity contribution in [2.75, 3.05) is 13.2 Å². The molecular formula is C20H16BrIN2O5S. The summed E-state index contributed by atoms with van der Waals surface area (Å²) >= 11 is 6.67. The van der Waals surface area contributed by atoms with Gasteiger partial charge in [-0.05, 0) is 89.3 Å². The van der Waals surface area contributed by atoms with Gasteiger partial charge in [-0.2, -0.15) is 0 Å². The van der Waals surface area contributed by atoms with Crippen LogP contribution in [0.5, 0.6) is 11.5 Å². The maximum Gasteiger partial charge on any atom is 0.341 e. The minimum absolute atomic E-state index is 0.241. The molecule has 7 nitrogen and oxygen atoms in total. The van der Waals surface area contributed by atoms with Crippen molar-refractivity contribution < 1.29 is 24.2 Å². The summed E-state index contributed by atoms with van der Waals surface area (Å²) < 4.78 is 12.6. The number of nitrogens with zero attached hydrogens (tertiary/aromatic N) is 1. The summed E-state index contributed by atoms with van der Waals surface area (Å²) in [6.07, 6.45) is 1.73. The number of hydrogen-bond donors (Lipinski definition) is 2. The number of ether oxygens (including phenoxy) is 2. The van der Waals surface area contributed by atoms with Crippen molar-refractivity contribution in [2.24, 2.45) is 4.99 Å². The Morgan fingerprint density at radius 2 is 2.03 bits per heavy atom. The van der Waals surface area contributed by atoms with E-state index in [2.05, 4.69) is 26.2 Å². The number of amidine groups is 1. The van der Waals surface area contributed by atoms with Gasteiger partial charge in [-0.1, -0.05) is 15.9 Å². The van der Waals surface area contributed by atoms with E-state index in [1.165, 1.54) is 11.8 Å². The molecule has 0 radical (unpaired) electrons. The van der Waals surface area contributed by atoms with Gasteiger partial charge in [-0.25, -0.2) is 9.79 Å². The van der Waals surface area contributed by atoms with E-state index in [4.69, 9.17) is 14.6 Å². The van der Waals surface area contributed by atoms with Gasteiger partial charge in [-0.3, -0.25) is 4.79 Å². The van der Waals surface area contributed by atoms with Crippen LogP contribution < -0.4 is 14.8 Å². The zero-order valence-electron chi connectivity index (χ0n) is 15.6. The van der Waals surface area contributed by atoms with Crippen molar-refractivity contribution in [3.05, 3.63) is 54.9 Å². The molecule has 1 saturated heterocycles. The number of thioether (sulfide) groups is 1. The molecule has 3 rings (SSSR count). The Morgan fingerprint density at radius 1 is 1.30 bits per heavy atom. The number of carboxylic acids is 1. The first-order chi connectivity index (χ1) is 14.4. The van der Waals surface area contributed by atoms with E-state index in [1.54, 1.807) is 18.2 Å².